The van der Waals surface area contributed by atoms with Gasteiger partial charge in [-0.15, -0.1) is 0 Å². The Hall–Kier alpha value is -4.98. The van der Waals surface area contributed by atoms with Crippen LogP contribution in [-0.4, -0.2) is 32.8 Å². The molecule has 0 bridgehead atoms. The summed E-state index contributed by atoms with van der Waals surface area (Å²) in [6, 6.07) is 20.9. The molecule has 1 aliphatic heterocycles. The molecule has 2 aromatic carbocycles. The van der Waals surface area contributed by atoms with Gasteiger partial charge in [0.25, 0.3) is 0 Å². The molecule has 0 fully saturated rings. The minimum Gasteiger partial charge on any atom is -0.508 e. The summed E-state index contributed by atoms with van der Waals surface area (Å²) in [6.45, 7) is 2.74. The van der Waals surface area contributed by atoms with Crippen molar-refractivity contribution in [2.75, 3.05) is 17.3 Å². The Morgan fingerprint density at radius 1 is 0.972 bits per heavy atom. The van der Waals surface area contributed by atoms with E-state index in [1.165, 1.54) is 0 Å². The molecule has 2 aromatic heterocycles. The first-order valence-corrected chi connectivity index (χ1v) is 11.5. The molecule has 3 heterocycles. The molecule has 0 saturated heterocycles. The van der Waals surface area contributed by atoms with Crippen molar-refractivity contribution >= 4 is 29.1 Å². The van der Waals surface area contributed by atoms with Gasteiger partial charge in [0.1, 0.15) is 5.75 Å². The molecule has 0 saturated carbocycles. The van der Waals surface area contributed by atoms with E-state index in [-0.39, 0.29) is 5.75 Å². The number of pyridine rings is 1. The first-order valence-electron chi connectivity index (χ1n) is 11.5. The molecule has 0 radical (unpaired) electrons. The molecule has 5 rings (SSSR count). The second kappa shape index (κ2) is 10.5. The highest BCUT2D eigenvalue weighted by Gasteiger charge is 2.07. The molecule has 4 aromatic rings. The molecule has 8 nitrogen and oxygen atoms in total. The van der Waals surface area contributed by atoms with Gasteiger partial charge in [0.2, 0.25) is 5.95 Å². The van der Waals surface area contributed by atoms with Crippen molar-refractivity contribution in [1.29, 1.82) is 0 Å². The fourth-order valence-electron chi connectivity index (χ4n) is 3.71. The van der Waals surface area contributed by atoms with Crippen LogP contribution in [0.1, 0.15) is 17.1 Å². The lowest BCUT2D eigenvalue weighted by molar-refractivity contribution is 0.475. The molecule has 0 unspecified atom stereocenters. The second-order valence-electron chi connectivity index (χ2n) is 8.22. The van der Waals surface area contributed by atoms with E-state index in [2.05, 4.69) is 42.2 Å². The Kier molecular flexibility index (Phi) is 6.66. The Labute approximate surface area is 209 Å². The Bertz CT molecular complexity index is 1440. The summed E-state index contributed by atoms with van der Waals surface area (Å²) in [4.78, 5) is 13.4. The number of allylic oxidation sites excluding steroid dienone is 2. The van der Waals surface area contributed by atoms with Gasteiger partial charge in [0, 0.05) is 29.7 Å². The molecular formula is C28H25N7O. The van der Waals surface area contributed by atoms with Gasteiger partial charge >= 0.3 is 0 Å². The highest BCUT2D eigenvalue weighted by molar-refractivity contribution is 5.78. The maximum Gasteiger partial charge on any atom is 0.244 e. The molecule has 178 valence electrons. The summed E-state index contributed by atoms with van der Waals surface area (Å²) in [6.07, 6.45) is 9.40. The molecule has 0 atom stereocenters. The van der Waals surface area contributed by atoms with Crippen LogP contribution in [0.15, 0.2) is 96.4 Å². The van der Waals surface area contributed by atoms with Gasteiger partial charge in [0.15, 0.2) is 0 Å². The molecule has 4 N–H and O–H groups in total. The zero-order valence-electron chi connectivity index (χ0n) is 19.7. The minimum atomic E-state index is 0.253. The van der Waals surface area contributed by atoms with Crippen LogP contribution >= 0.6 is 0 Å². The molecule has 0 amide bonds. The number of benzene rings is 2. The van der Waals surface area contributed by atoms with Gasteiger partial charge in [-0.1, -0.05) is 36.4 Å². The average molecular weight is 476 g/mol. The number of hydrogen-bond acceptors (Lipinski definition) is 8. The smallest absolute Gasteiger partial charge is 0.244 e. The highest BCUT2D eigenvalue weighted by atomic mass is 16.3. The number of nitrogens with one attached hydrogen (secondary N) is 3. The van der Waals surface area contributed by atoms with E-state index in [0.717, 1.165) is 46.0 Å². The summed E-state index contributed by atoms with van der Waals surface area (Å²) in [7, 11) is 0. The van der Waals surface area contributed by atoms with Gasteiger partial charge < -0.3 is 15.7 Å². The number of dihydropyridines is 1. The number of phenolic OH excluding ortho intramolecular Hbond substituents is 1. The van der Waals surface area contributed by atoms with E-state index in [1.54, 1.807) is 24.5 Å². The first kappa shape index (κ1) is 22.8. The zero-order chi connectivity index (χ0) is 24.7. The van der Waals surface area contributed by atoms with Crippen LogP contribution in [0.4, 0.5) is 17.3 Å². The molecule has 0 aliphatic carbocycles. The number of phenols is 1. The number of anilines is 3. The summed E-state index contributed by atoms with van der Waals surface area (Å²) in [5.41, 5.74) is 10.1. The first-order chi connectivity index (χ1) is 17.6. The van der Waals surface area contributed by atoms with E-state index in [4.69, 9.17) is 0 Å². The fourth-order valence-corrected chi connectivity index (χ4v) is 3.71. The Balaban J connectivity index is 1.20. The van der Waals surface area contributed by atoms with E-state index < -0.39 is 0 Å². The van der Waals surface area contributed by atoms with Gasteiger partial charge in [-0.2, -0.15) is 5.10 Å². The second-order valence-corrected chi connectivity index (χ2v) is 8.22. The lowest BCUT2D eigenvalue weighted by atomic mass is 10.1. The van der Waals surface area contributed by atoms with E-state index >= 15 is 0 Å². The van der Waals surface area contributed by atoms with Gasteiger partial charge in [-0.25, -0.2) is 15.4 Å². The summed E-state index contributed by atoms with van der Waals surface area (Å²) < 4.78 is 0. The normalized spacial score (nSPS) is 12.8. The van der Waals surface area contributed by atoms with Crippen molar-refractivity contribution in [3.05, 3.63) is 108 Å². The Morgan fingerprint density at radius 3 is 2.58 bits per heavy atom. The minimum absolute atomic E-state index is 0.253. The average Bonchev–Trinajstić information content (AvgIpc) is 2.90. The van der Waals surface area contributed by atoms with Crippen molar-refractivity contribution in [1.82, 2.24) is 20.3 Å². The zero-order valence-corrected chi connectivity index (χ0v) is 19.7. The van der Waals surface area contributed by atoms with Crippen molar-refractivity contribution in [3.63, 3.8) is 0 Å². The predicted octanol–water partition coefficient (Wildman–Crippen LogP) is 5.24. The van der Waals surface area contributed by atoms with Crippen molar-refractivity contribution in [2.45, 2.75) is 6.92 Å². The van der Waals surface area contributed by atoms with Crippen molar-refractivity contribution in [3.8, 4) is 16.9 Å². The van der Waals surface area contributed by atoms with Crippen LogP contribution in [0.5, 0.6) is 5.75 Å². The summed E-state index contributed by atoms with van der Waals surface area (Å²) >= 11 is 0. The standard InChI is InChI=1S/C28H25N7O/c1-19-14-27(22-5-3-13-29-16-22)34-28(32-19)35-31-18-24-11-12-25(17-30-24)33-23-9-7-20(8-10-23)21-4-2-6-26(36)15-21/h2-12,14-18,29,33,36H,13H2,1H3,(H,32,34,35)/b31-18+. The summed E-state index contributed by atoms with van der Waals surface area (Å²) in [5, 5.41) is 20.5. The number of aromatic nitrogens is 3. The van der Waals surface area contributed by atoms with Crippen LogP contribution in [0.25, 0.3) is 16.7 Å². The number of aromatic hydroxyl groups is 1. The van der Waals surface area contributed by atoms with E-state index in [1.807, 2.05) is 73.8 Å². The lowest BCUT2D eigenvalue weighted by Crippen LogP contribution is -2.10. The van der Waals surface area contributed by atoms with Crippen LogP contribution in [0.3, 0.4) is 0 Å². The monoisotopic (exact) mass is 475 g/mol. The van der Waals surface area contributed by atoms with Crippen LogP contribution in [0, 0.1) is 6.92 Å². The Morgan fingerprint density at radius 2 is 1.83 bits per heavy atom. The third-order valence-electron chi connectivity index (χ3n) is 5.44. The van der Waals surface area contributed by atoms with E-state index in [9.17, 15) is 5.11 Å². The molecule has 8 heteroatoms. The van der Waals surface area contributed by atoms with Gasteiger partial charge in [-0.05, 0) is 60.5 Å². The molecule has 1 aliphatic rings. The molecule has 36 heavy (non-hydrogen) atoms. The van der Waals surface area contributed by atoms with E-state index in [0.29, 0.717) is 11.6 Å². The van der Waals surface area contributed by atoms with Crippen LogP contribution in [-0.2, 0) is 0 Å². The van der Waals surface area contributed by atoms with Crippen LogP contribution < -0.4 is 16.1 Å². The molecular weight excluding hydrogens is 450 g/mol. The van der Waals surface area contributed by atoms with Gasteiger partial charge in [-0.3, -0.25) is 4.98 Å². The largest absolute Gasteiger partial charge is 0.508 e. The topological polar surface area (TPSA) is 107 Å². The number of hydrogen-bond donors (Lipinski definition) is 4. The number of hydrazone groups is 1. The SMILES string of the molecule is Cc1cc(C2=CNCC=C2)nc(N/N=C/c2ccc(Nc3ccc(-c4cccc(O)c4)cc3)cn2)n1. The van der Waals surface area contributed by atoms with Gasteiger partial charge in [0.05, 0.1) is 29.5 Å². The maximum absolute atomic E-state index is 9.68. The third-order valence-corrected chi connectivity index (χ3v) is 5.44. The number of aryl methyl sites for hydroxylation is 1. The lowest BCUT2D eigenvalue weighted by Gasteiger charge is -2.10. The van der Waals surface area contributed by atoms with Crippen molar-refractivity contribution < 1.29 is 5.11 Å². The highest BCUT2D eigenvalue weighted by Crippen LogP contribution is 2.25. The summed E-state index contributed by atoms with van der Waals surface area (Å²) in [5.74, 6) is 0.677. The quantitative estimate of drug-likeness (QED) is 0.214. The maximum atomic E-state index is 9.68. The van der Waals surface area contributed by atoms with Crippen molar-refractivity contribution in [2.24, 2.45) is 5.10 Å². The fraction of sp³-hybridized carbons (Fsp3) is 0.0714. The van der Waals surface area contributed by atoms with Crippen LogP contribution in [0.2, 0.25) is 0 Å². The third kappa shape index (κ3) is 5.74. The number of rotatable bonds is 7. The molecule has 0 spiro atoms. The number of nitrogens with zero attached hydrogens (tertiary/aromatic N) is 4. The predicted molar refractivity (Wildman–Crippen MR) is 144 cm³/mol.